The Morgan fingerprint density at radius 1 is 1.17 bits per heavy atom. The van der Waals surface area contributed by atoms with E-state index in [-0.39, 0.29) is 10.8 Å². The number of aromatic nitrogens is 1. The lowest BCUT2D eigenvalue weighted by atomic mass is 10.1. The Morgan fingerprint density at radius 3 is 2.47 bits per heavy atom. The topological polar surface area (TPSA) is 52.3 Å². The van der Waals surface area contributed by atoms with Crippen LogP contribution in [0.15, 0.2) is 53.0 Å². The first kappa shape index (κ1) is 22.5. The van der Waals surface area contributed by atoms with E-state index in [0.29, 0.717) is 16.5 Å². The number of halogens is 1. The van der Waals surface area contributed by atoms with E-state index in [1.165, 1.54) is 0 Å². The molecule has 1 aromatic heterocycles. The fourth-order valence-electron chi connectivity index (χ4n) is 2.80. The number of oxazole rings is 1. The van der Waals surface area contributed by atoms with E-state index in [4.69, 9.17) is 20.4 Å². The zero-order valence-corrected chi connectivity index (χ0v) is 20.1. The summed E-state index contributed by atoms with van der Waals surface area (Å²) in [4.78, 5) is 17.2. The Bertz CT molecular complexity index is 1080. The number of benzene rings is 2. The highest BCUT2D eigenvalue weighted by Gasteiger charge is 2.39. The highest BCUT2D eigenvalue weighted by atomic mass is 35.5. The first-order valence-corrected chi connectivity index (χ1v) is 13.3. The van der Waals surface area contributed by atoms with Gasteiger partial charge >= 0.3 is 0 Å². The monoisotopic (exact) mass is 441 g/mol. The van der Waals surface area contributed by atoms with Crippen LogP contribution in [0.3, 0.4) is 0 Å². The molecule has 0 bridgehead atoms. The predicted octanol–water partition coefficient (Wildman–Crippen LogP) is 7.14. The van der Waals surface area contributed by atoms with Crippen LogP contribution in [-0.2, 0) is 9.22 Å². The standard InChI is InChI=1S/C24H28ClNO3Si/c1-16(29-30(5,6)24(2,3)4)21(27)15-12-17-8-7-9-20-22(17)28-23(26-20)18-10-13-19(25)14-11-18/h7-16H,1-6H3/t16-/m0/s1. The number of fused-ring (bicyclic) bond motifs is 1. The smallest absolute Gasteiger partial charge is 0.227 e. The number of hydrogen-bond acceptors (Lipinski definition) is 4. The molecule has 0 unspecified atom stereocenters. The van der Waals surface area contributed by atoms with Gasteiger partial charge in [-0.1, -0.05) is 44.5 Å². The Morgan fingerprint density at radius 2 is 1.83 bits per heavy atom. The third kappa shape index (κ3) is 4.91. The summed E-state index contributed by atoms with van der Waals surface area (Å²) in [7, 11) is -2.01. The van der Waals surface area contributed by atoms with E-state index in [1.54, 1.807) is 24.3 Å². The van der Waals surface area contributed by atoms with Crippen molar-refractivity contribution in [3.63, 3.8) is 0 Å². The van der Waals surface area contributed by atoms with E-state index < -0.39 is 14.4 Å². The maximum Gasteiger partial charge on any atom is 0.227 e. The van der Waals surface area contributed by atoms with Crippen LogP contribution >= 0.6 is 11.6 Å². The van der Waals surface area contributed by atoms with Gasteiger partial charge in [0.2, 0.25) is 5.89 Å². The summed E-state index contributed by atoms with van der Waals surface area (Å²) in [5.74, 6) is 0.456. The van der Waals surface area contributed by atoms with Gasteiger partial charge in [-0.3, -0.25) is 4.79 Å². The highest BCUT2D eigenvalue weighted by molar-refractivity contribution is 6.74. The number of ketones is 1. The number of para-hydroxylation sites is 1. The molecule has 1 heterocycles. The molecule has 0 aliphatic heterocycles. The van der Waals surface area contributed by atoms with Gasteiger partial charge in [0, 0.05) is 16.1 Å². The number of carbonyl (C=O) groups excluding carboxylic acids is 1. The summed E-state index contributed by atoms with van der Waals surface area (Å²) < 4.78 is 12.2. The molecule has 30 heavy (non-hydrogen) atoms. The fraction of sp³-hybridized carbons (Fsp3) is 0.333. The molecule has 1 atom stereocenters. The van der Waals surface area contributed by atoms with E-state index in [1.807, 2.05) is 37.3 Å². The van der Waals surface area contributed by atoms with E-state index in [9.17, 15) is 4.79 Å². The van der Waals surface area contributed by atoms with Gasteiger partial charge in [-0.2, -0.15) is 0 Å². The molecule has 4 nitrogen and oxygen atoms in total. The number of nitrogens with zero attached hydrogens (tertiary/aromatic N) is 1. The Kier molecular flexibility index (Phi) is 6.36. The molecule has 158 valence electrons. The van der Waals surface area contributed by atoms with Crippen molar-refractivity contribution in [3.8, 4) is 11.5 Å². The second-order valence-electron chi connectivity index (χ2n) is 8.98. The average Bonchev–Trinajstić information content (AvgIpc) is 3.10. The summed E-state index contributed by atoms with van der Waals surface area (Å²) in [5, 5.41) is 0.709. The number of hydrogen-bond donors (Lipinski definition) is 0. The Balaban J connectivity index is 1.82. The lowest BCUT2D eigenvalue weighted by Gasteiger charge is -2.37. The zero-order valence-electron chi connectivity index (χ0n) is 18.3. The van der Waals surface area contributed by atoms with Crippen LogP contribution in [0.25, 0.3) is 28.6 Å². The molecule has 0 fully saturated rings. The molecule has 2 aromatic carbocycles. The normalized spacial score (nSPS) is 13.8. The van der Waals surface area contributed by atoms with Crippen LogP contribution < -0.4 is 0 Å². The Hall–Kier alpha value is -2.21. The van der Waals surface area contributed by atoms with Crippen molar-refractivity contribution in [3.05, 3.63) is 59.1 Å². The molecule has 0 saturated carbocycles. The molecule has 0 saturated heterocycles. The Labute approximate surface area is 184 Å². The van der Waals surface area contributed by atoms with E-state index in [0.717, 1.165) is 16.6 Å². The summed E-state index contributed by atoms with van der Waals surface area (Å²) in [6.45, 7) is 12.6. The van der Waals surface area contributed by atoms with Gasteiger partial charge in [0.15, 0.2) is 19.7 Å². The molecule has 0 aliphatic rings. The van der Waals surface area contributed by atoms with Crippen molar-refractivity contribution < 1.29 is 13.6 Å². The average molecular weight is 442 g/mol. The summed E-state index contributed by atoms with van der Waals surface area (Å²) >= 11 is 5.96. The SMILES string of the molecule is C[C@H](O[Si](C)(C)C(C)(C)C)C(=O)C=Cc1cccc2nc(-c3ccc(Cl)cc3)oc12. The van der Waals surface area contributed by atoms with Gasteiger partial charge in [-0.15, -0.1) is 0 Å². The van der Waals surface area contributed by atoms with E-state index >= 15 is 0 Å². The van der Waals surface area contributed by atoms with Crippen molar-refractivity contribution in [2.75, 3.05) is 0 Å². The quantitative estimate of drug-likeness (QED) is 0.301. The van der Waals surface area contributed by atoms with Crippen molar-refractivity contribution in [1.29, 1.82) is 0 Å². The van der Waals surface area contributed by atoms with E-state index in [2.05, 4.69) is 38.8 Å². The summed E-state index contributed by atoms with van der Waals surface area (Å²) in [6, 6.07) is 13.0. The maximum absolute atomic E-state index is 12.7. The van der Waals surface area contributed by atoms with Crippen LogP contribution in [-0.4, -0.2) is 25.2 Å². The first-order chi connectivity index (χ1) is 14.0. The van der Waals surface area contributed by atoms with Crippen LogP contribution in [0, 0.1) is 0 Å². The van der Waals surface area contributed by atoms with Crippen molar-refractivity contribution in [1.82, 2.24) is 4.98 Å². The summed E-state index contributed by atoms with van der Waals surface area (Å²) in [5.41, 5.74) is 3.02. The van der Waals surface area contributed by atoms with Crippen LogP contribution in [0.4, 0.5) is 0 Å². The van der Waals surface area contributed by atoms with Crippen molar-refractivity contribution >= 4 is 42.9 Å². The maximum atomic E-state index is 12.7. The van der Waals surface area contributed by atoms with Gasteiger partial charge in [-0.05, 0) is 67.5 Å². The van der Waals surface area contributed by atoms with Crippen LogP contribution in [0.1, 0.15) is 33.3 Å². The van der Waals surface area contributed by atoms with Gasteiger partial charge in [0.25, 0.3) is 0 Å². The largest absolute Gasteiger partial charge is 0.435 e. The molecule has 3 aromatic rings. The molecule has 0 N–H and O–H groups in total. The second kappa shape index (κ2) is 8.50. The molecule has 0 radical (unpaired) electrons. The fourth-order valence-corrected chi connectivity index (χ4v) is 4.28. The molecule has 0 spiro atoms. The summed E-state index contributed by atoms with van der Waals surface area (Å²) in [6.07, 6.45) is 2.85. The third-order valence-corrected chi connectivity index (χ3v) is 10.4. The first-order valence-electron chi connectivity index (χ1n) is 10.0. The van der Waals surface area contributed by atoms with Gasteiger partial charge in [-0.25, -0.2) is 4.98 Å². The highest BCUT2D eigenvalue weighted by Crippen LogP contribution is 2.37. The third-order valence-electron chi connectivity index (χ3n) is 5.64. The minimum Gasteiger partial charge on any atom is -0.435 e. The molecular weight excluding hydrogens is 414 g/mol. The molecular formula is C24H28ClNO3Si. The zero-order chi connectivity index (χ0) is 22.1. The molecule has 6 heteroatoms. The lowest BCUT2D eigenvalue weighted by Crippen LogP contribution is -2.44. The van der Waals surface area contributed by atoms with Crippen LogP contribution in [0.2, 0.25) is 23.2 Å². The van der Waals surface area contributed by atoms with Gasteiger partial charge in [0.05, 0.1) is 0 Å². The lowest BCUT2D eigenvalue weighted by molar-refractivity contribution is -0.120. The minimum atomic E-state index is -2.01. The van der Waals surface area contributed by atoms with Gasteiger partial charge < -0.3 is 8.84 Å². The van der Waals surface area contributed by atoms with Crippen molar-refractivity contribution in [2.24, 2.45) is 0 Å². The number of rotatable bonds is 6. The van der Waals surface area contributed by atoms with Crippen molar-refractivity contribution in [2.45, 2.75) is 51.9 Å². The minimum absolute atomic E-state index is 0.0504. The predicted molar refractivity (Wildman–Crippen MR) is 126 cm³/mol. The number of carbonyl (C=O) groups is 1. The van der Waals surface area contributed by atoms with Crippen LogP contribution in [0.5, 0.6) is 0 Å². The molecule has 3 rings (SSSR count). The second-order valence-corrected chi connectivity index (χ2v) is 14.2. The molecule has 0 amide bonds. The van der Waals surface area contributed by atoms with Gasteiger partial charge in [0.1, 0.15) is 11.6 Å². The molecule has 0 aliphatic carbocycles.